The molecule has 1 aliphatic rings. The fourth-order valence-corrected chi connectivity index (χ4v) is 1.72. The summed E-state index contributed by atoms with van der Waals surface area (Å²) in [5.41, 5.74) is 0. The number of carbonyl (C=O) groups is 1. The van der Waals surface area contributed by atoms with Crippen molar-refractivity contribution in [3.05, 3.63) is 0 Å². The molecule has 0 saturated heterocycles. The molecule has 0 radical (unpaired) electrons. The van der Waals surface area contributed by atoms with E-state index in [0.29, 0.717) is 12.8 Å². The minimum Gasteiger partial charge on any atom is -0.461 e. The lowest BCUT2D eigenvalue weighted by molar-refractivity contribution is -0.264. The number of esters is 1. The van der Waals surface area contributed by atoms with Gasteiger partial charge in [-0.15, -0.1) is 0 Å². The van der Waals surface area contributed by atoms with Crippen LogP contribution in [0.3, 0.4) is 0 Å². The van der Waals surface area contributed by atoms with Crippen LogP contribution < -0.4 is 0 Å². The van der Waals surface area contributed by atoms with Crippen molar-refractivity contribution in [2.45, 2.75) is 48.5 Å². The third-order valence-corrected chi connectivity index (χ3v) is 3.86. The maximum absolute atomic E-state index is 12.5. The average molecular weight is 343 g/mol. The van der Waals surface area contributed by atoms with Gasteiger partial charge in [0.2, 0.25) is 0 Å². The summed E-state index contributed by atoms with van der Waals surface area (Å²) in [6.45, 7) is 0. The molecular formula is C9H9BrF6O2. The van der Waals surface area contributed by atoms with Gasteiger partial charge in [0.15, 0.2) is 0 Å². The van der Waals surface area contributed by atoms with Gasteiger partial charge in [-0.2, -0.15) is 26.3 Å². The number of ether oxygens (including phenoxy) is 1. The van der Waals surface area contributed by atoms with Crippen molar-refractivity contribution in [1.29, 1.82) is 0 Å². The zero-order chi connectivity index (χ0) is 14.2. The van der Waals surface area contributed by atoms with Gasteiger partial charge in [0.05, 0.1) is 0 Å². The Kier molecular flexibility index (Phi) is 4.24. The molecule has 1 saturated carbocycles. The highest BCUT2D eigenvalue weighted by Gasteiger charge is 2.75. The van der Waals surface area contributed by atoms with Gasteiger partial charge < -0.3 is 4.74 Å². The van der Waals surface area contributed by atoms with E-state index in [2.05, 4.69) is 4.74 Å². The lowest BCUT2D eigenvalue weighted by atomic mass is 10.1. The molecule has 0 amide bonds. The van der Waals surface area contributed by atoms with E-state index in [9.17, 15) is 31.1 Å². The Balaban J connectivity index is 2.93. The van der Waals surface area contributed by atoms with Crippen LogP contribution in [0.1, 0.15) is 25.7 Å². The van der Waals surface area contributed by atoms with Crippen LogP contribution >= 0.6 is 15.9 Å². The molecular weight excluding hydrogens is 334 g/mol. The molecule has 1 fully saturated rings. The Morgan fingerprint density at radius 2 is 1.39 bits per heavy atom. The average Bonchev–Trinajstić information content (AvgIpc) is 2.65. The van der Waals surface area contributed by atoms with Crippen molar-refractivity contribution in [3.63, 3.8) is 0 Å². The first-order valence-electron chi connectivity index (χ1n) is 5.03. The van der Waals surface area contributed by atoms with Crippen molar-refractivity contribution in [2.24, 2.45) is 0 Å². The van der Waals surface area contributed by atoms with E-state index in [1.54, 1.807) is 0 Å². The maximum atomic E-state index is 12.5. The first-order chi connectivity index (χ1) is 8.00. The molecule has 2 nitrogen and oxygen atoms in total. The molecule has 0 spiro atoms. The smallest absolute Gasteiger partial charge is 0.423 e. The summed E-state index contributed by atoms with van der Waals surface area (Å²) in [4.78, 5) is 11.2. The van der Waals surface area contributed by atoms with Crippen LogP contribution in [-0.2, 0) is 9.53 Å². The van der Waals surface area contributed by atoms with Crippen LogP contribution in [0.5, 0.6) is 0 Å². The standard InChI is InChI=1S/C9H9BrF6O2/c10-7(8(11,12)13,9(14,15)16)6(17)18-5-3-1-2-4-5/h5H,1-4H2. The number of alkyl halides is 7. The third-order valence-electron chi connectivity index (χ3n) is 2.64. The van der Waals surface area contributed by atoms with Crippen LogP contribution in [0.15, 0.2) is 0 Å². The van der Waals surface area contributed by atoms with Crippen LogP contribution in [0, 0.1) is 0 Å². The Labute approximate surface area is 107 Å². The molecule has 0 aromatic rings. The van der Waals surface area contributed by atoms with Gasteiger partial charge in [0, 0.05) is 0 Å². The van der Waals surface area contributed by atoms with Crippen molar-refractivity contribution < 1.29 is 35.9 Å². The van der Waals surface area contributed by atoms with Crippen molar-refractivity contribution >= 4 is 21.9 Å². The highest BCUT2D eigenvalue weighted by Crippen LogP contribution is 2.50. The van der Waals surface area contributed by atoms with E-state index in [1.165, 1.54) is 15.9 Å². The number of halogens is 7. The molecule has 18 heavy (non-hydrogen) atoms. The van der Waals surface area contributed by atoms with E-state index in [4.69, 9.17) is 0 Å². The summed E-state index contributed by atoms with van der Waals surface area (Å²) in [6.07, 6.45) is -10.7. The van der Waals surface area contributed by atoms with Gasteiger partial charge in [-0.3, -0.25) is 0 Å². The van der Waals surface area contributed by atoms with Crippen LogP contribution in [0.4, 0.5) is 26.3 Å². The Hall–Kier alpha value is -0.470. The van der Waals surface area contributed by atoms with Gasteiger partial charge in [-0.05, 0) is 25.7 Å². The molecule has 0 heterocycles. The normalized spacial score (nSPS) is 19.1. The molecule has 1 rings (SSSR count). The summed E-state index contributed by atoms with van der Waals surface area (Å²) < 4.78 is 74.4. The SMILES string of the molecule is O=C(OC1CCCC1)C(Br)(C(F)(F)F)C(F)(F)F. The lowest BCUT2D eigenvalue weighted by Crippen LogP contribution is -2.58. The fourth-order valence-electron chi connectivity index (χ4n) is 1.63. The highest BCUT2D eigenvalue weighted by atomic mass is 79.9. The minimum absolute atomic E-state index is 0.282. The third kappa shape index (κ3) is 2.75. The van der Waals surface area contributed by atoms with Gasteiger partial charge in [0.1, 0.15) is 6.10 Å². The lowest BCUT2D eigenvalue weighted by Gasteiger charge is -2.30. The molecule has 0 atom stereocenters. The fraction of sp³-hybridized carbons (Fsp3) is 0.889. The molecule has 0 aliphatic heterocycles. The molecule has 9 heteroatoms. The second-order valence-corrected chi connectivity index (χ2v) is 5.16. The van der Waals surface area contributed by atoms with Gasteiger partial charge in [-0.1, -0.05) is 15.9 Å². The Bertz CT molecular complexity index is 304. The molecule has 1 aliphatic carbocycles. The Morgan fingerprint density at radius 1 is 1.00 bits per heavy atom. The zero-order valence-corrected chi connectivity index (χ0v) is 10.5. The second-order valence-electron chi connectivity index (χ2n) is 3.97. The molecule has 0 bridgehead atoms. The Morgan fingerprint density at radius 3 is 1.72 bits per heavy atom. The van der Waals surface area contributed by atoms with Gasteiger partial charge >= 0.3 is 22.6 Å². The van der Waals surface area contributed by atoms with E-state index < -0.39 is 28.8 Å². The summed E-state index contributed by atoms with van der Waals surface area (Å²) >= 11 is 1.47. The van der Waals surface area contributed by atoms with Crippen LogP contribution in [0.2, 0.25) is 0 Å². The predicted octanol–water partition coefficient (Wildman–Crippen LogP) is 3.73. The maximum Gasteiger partial charge on any atom is 0.423 e. The van der Waals surface area contributed by atoms with E-state index in [-0.39, 0.29) is 12.8 Å². The second kappa shape index (κ2) is 4.90. The first-order valence-corrected chi connectivity index (χ1v) is 5.83. The summed E-state index contributed by atoms with van der Waals surface area (Å²) in [7, 11) is 0. The predicted molar refractivity (Wildman–Crippen MR) is 52.1 cm³/mol. The van der Waals surface area contributed by atoms with Gasteiger partial charge in [0.25, 0.3) is 0 Å². The molecule has 0 unspecified atom stereocenters. The number of rotatable bonds is 2. The molecule has 0 aromatic heterocycles. The van der Waals surface area contributed by atoms with Crippen molar-refractivity contribution in [2.75, 3.05) is 0 Å². The largest absolute Gasteiger partial charge is 0.461 e. The monoisotopic (exact) mass is 342 g/mol. The van der Waals surface area contributed by atoms with E-state index >= 15 is 0 Å². The van der Waals surface area contributed by atoms with Crippen LogP contribution in [-0.4, -0.2) is 28.8 Å². The van der Waals surface area contributed by atoms with Crippen LogP contribution in [0.25, 0.3) is 0 Å². The number of hydrogen-bond donors (Lipinski definition) is 0. The summed E-state index contributed by atoms with van der Waals surface area (Å²) in [5.74, 6) is -2.35. The molecule has 106 valence electrons. The van der Waals surface area contributed by atoms with Gasteiger partial charge in [-0.25, -0.2) is 4.79 Å². The molecule has 0 aromatic carbocycles. The summed E-state index contributed by atoms with van der Waals surface area (Å²) in [5, 5.41) is 0. The number of hydrogen-bond acceptors (Lipinski definition) is 2. The quantitative estimate of drug-likeness (QED) is 0.434. The van der Waals surface area contributed by atoms with E-state index in [0.717, 1.165) is 0 Å². The zero-order valence-electron chi connectivity index (χ0n) is 8.87. The highest BCUT2D eigenvalue weighted by molar-refractivity contribution is 9.10. The minimum atomic E-state index is -5.82. The molecule has 0 N–H and O–H groups in total. The van der Waals surface area contributed by atoms with Crippen molar-refractivity contribution in [3.8, 4) is 0 Å². The summed E-state index contributed by atoms with van der Waals surface area (Å²) in [6, 6.07) is 0. The van der Waals surface area contributed by atoms with E-state index in [1.807, 2.05) is 0 Å². The van der Waals surface area contributed by atoms with Crippen molar-refractivity contribution in [1.82, 2.24) is 0 Å². The first kappa shape index (κ1) is 15.6. The number of carbonyl (C=O) groups excluding carboxylic acids is 1. The topological polar surface area (TPSA) is 26.3 Å².